The highest BCUT2D eigenvalue weighted by molar-refractivity contribution is 5.97. The Hall–Kier alpha value is -2.56. The molecule has 1 heterocycles. The van der Waals surface area contributed by atoms with Gasteiger partial charge < -0.3 is 14.4 Å². The Kier molecular flexibility index (Phi) is 5.22. The van der Waals surface area contributed by atoms with Gasteiger partial charge in [0.25, 0.3) is 5.91 Å². The van der Waals surface area contributed by atoms with Gasteiger partial charge in [0.1, 0.15) is 17.3 Å². The van der Waals surface area contributed by atoms with E-state index < -0.39 is 0 Å². The van der Waals surface area contributed by atoms with Crippen molar-refractivity contribution >= 4 is 5.91 Å². The Morgan fingerprint density at radius 1 is 1.04 bits per heavy atom. The zero-order valence-corrected chi connectivity index (χ0v) is 14.5. The molecule has 0 bridgehead atoms. The van der Waals surface area contributed by atoms with Crippen LogP contribution in [0.4, 0.5) is 4.39 Å². The van der Waals surface area contributed by atoms with E-state index in [0.717, 1.165) is 18.4 Å². The van der Waals surface area contributed by atoms with Crippen LogP contribution in [0.2, 0.25) is 0 Å². The molecule has 3 rings (SSSR count). The summed E-state index contributed by atoms with van der Waals surface area (Å²) in [6.07, 6.45) is 1.74. The molecule has 2 aromatic rings. The summed E-state index contributed by atoms with van der Waals surface area (Å²) in [6.45, 7) is 1.35. The highest BCUT2D eigenvalue weighted by Crippen LogP contribution is 2.31. The first kappa shape index (κ1) is 17.3. The summed E-state index contributed by atoms with van der Waals surface area (Å²) in [6, 6.07) is 11.9. The summed E-state index contributed by atoms with van der Waals surface area (Å²) in [4.78, 5) is 14.7. The van der Waals surface area contributed by atoms with E-state index in [1.807, 2.05) is 17.0 Å². The Labute approximate surface area is 147 Å². The molecule has 0 atom stereocenters. The molecule has 132 valence electrons. The third-order valence-electron chi connectivity index (χ3n) is 4.76. The standard InChI is InChI=1S/C20H22FNO3/c1-24-17-7-8-18(19(13-17)25-2)20(23)22-11-9-15(10-12-22)14-3-5-16(21)6-4-14/h3-8,13,15H,9-12H2,1-2H3. The van der Waals surface area contributed by atoms with E-state index in [4.69, 9.17) is 9.47 Å². The van der Waals surface area contributed by atoms with Gasteiger partial charge in [0.05, 0.1) is 19.8 Å². The fourth-order valence-corrected chi connectivity index (χ4v) is 3.30. The zero-order valence-electron chi connectivity index (χ0n) is 14.5. The Morgan fingerprint density at radius 3 is 2.32 bits per heavy atom. The Bertz CT molecular complexity index is 737. The molecule has 1 aliphatic rings. The van der Waals surface area contributed by atoms with Crippen molar-refractivity contribution in [2.75, 3.05) is 27.3 Å². The third kappa shape index (κ3) is 3.76. The molecule has 2 aromatic carbocycles. The molecular formula is C20H22FNO3. The van der Waals surface area contributed by atoms with E-state index in [0.29, 0.717) is 36.1 Å². The molecule has 0 aliphatic carbocycles. The lowest BCUT2D eigenvalue weighted by Crippen LogP contribution is -2.38. The molecule has 1 fully saturated rings. The maximum atomic E-state index is 13.1. The fourth-order valence-electron chi connectivity index (χ4n) is 3.30. The fraction of sp³-hybridized carbons (Fsp3) is 0.350. The van der Waals surface area contributed by atoms with Gasteiger partial charge in [-0.15, -0.1) is 0 Å². The molecular weight excluding hydrogens is 321 g/mol. The van der Waals surface area contributed by atoms with Crippen LogP contribution >= 0.6 is 0 Å². The van der Waals surface area contributed by atoms with E-state index in [2.05, 4.69) is 0 Å². The number of likely N-dealkylation sites (tertiary alicyclic amines) is 1. The van der Waals surface area contributed by atoms with Gasteiger partial charge >= 0.3 is 0 Å². The van der Waals surface area contributed by atoms with Crippen LogP contribution in [0.3, 0.4) is 0 Å². The van der Waals surface area contributed by atoms with Crippen molar-refractivity contribution in [3.63, 3.8) is 0 Å². The average Bonchev–Trinajstić information content (AvgIpc) is 2.67. The van der Waals surface area contributed by atoms with E-state index in [9.17, 15) is 9.18 Å². The van der Waals surface area contributed by atoms with E-state index in [1.54, 1.807) is 32.4 Å². The number of amides is 1. The molecule has 25 heavy (non-hydrogen) atoms. The molecule has 4 nitrogen and oxygen atoms in total. The van der Waals surface area contributed by atoms with Crippen LogP contribution in [0.15, 0.2) is 42.5 Å². The zero-order chi connectivity index (χ0) is 17.8. The number of rotatable bonds is 4. The molecule has 1 amide bonds. The largest absolute Gasteiger partial charge is 0.497 e. The highest BCUT2D eigenvalue weighted by atomic mass is 19.1. The van der Waals surface area contributed by atoms with Gasteiger partial charge in [0, 0.05) is 19.2 Å². The normalized spacial score (nSPS) is 15.1. The van der Waals surface area contributed by atoms with E-state index >= 15 is 0 Å². The summed E-state index contributed by atoms with van der Waals surface area (Å²) in [5.74, 6) is 1.29. The maximum absolute atomic E-state index is 13.1. The van der Waals surface area contributed by atoms with Gasteiger partial charge in [-0.25, -0.2) is 4.39 Å². The lowest BCUT2D eigenvalue weighted by Gasteiger charge is -2.32. The minimum absolute atomic E-state index is 0.0305. The predicted molar refractivity (Wildman–Crippen MR) is 93.8 cm³/mol. The first-order valence-electron chi connectivity index (χ1n) is 8.39. The number of ether oxygens (including phenoxy) is 2. The van der Waals surface area contributed by atoms with Crippen LogP contribution in [0.1, 0.15) is 34.7 Å². The number of methoxy groups -OCH3 is 2. The summed E-state index contributed by atoms with van der Waals surface area (Å²) in [5, 5.41) is 0. The maximum Gasteiger partial charge on any atom is 0.257 e. The SMILES string of the molecule is COc1ccc(C(=O)N2CCC(c3ccc(F)cc3)CC2)c(OC)c1. The number of benzene rings is 2. The van der Waals surface area contributed by atoms with Crippen molar-refractivity contribution in [1.82, 2.24) is 4.90 Å². The molecule has 0 radical (unpaired) electrons. The van der Waals surface area contributed by atoms with Crippen molar-refractivity contribution in [3.05, 3.63) is 59.4 Å². The smallest absolute Gasteiger partial charge is 0.257 e. The summed E-state index contributed by atoms with van der Waals surface area (Å²) < 4.78 is 23.6. The van der Waals surface area contributed by atoms with Crippen LogP contribution in [-0.2, 0) is 0 Å². The predicted octanol–water partition coefficient (Wildman–Crippen LogP) is 3.86. The molecule has 5 heteroatoms. The van der Waals surface area contributed by atoms with Crippen molar-refractivity contribution in [2.24, 2.45) is 0 Å². The Balaban J connectivity index is 1.68. The van der Waals surface area contributed by atoms with Crippen LogP contribution < -0.4 is 9.47 Å². The molecule has 0 saturated carbocycles. The molecule has 0 aromatic heterocycles. The number of piperidine rings is 1. The van der Waals surface area contributed by atoms with Crippen LogP contribution in [-0.4, -0.2) is 38.1 Å². The number of halogens is 1. The second-order valence-corrected chi connectivity index (χ2v) is 6.18. The minimum atomic E-state index is -0.219. The van der Waals surface area contributed by atoms with Crippen molar-refractivity contribution in [2.45, 2.75) is 18.8 Å². The van der Waals surface area contributed by atoms with Gasteiger partial charge in [-0.05, 0) is 48.6 Å². The highest BCUT2D eigenvalue weighted by Gasteiger charge is 2.26. The number of hydrogen-bond acceptors (Lipinski definition) is 3. The third-order valence-corrected chi connectivity index (χ3v) is 4.76. The summed E-state index contributed by atoms with van der Waals surface area (Å²) in [7, 11) is 3.13. The molecule has 1 saturated heterocycles. The first-order chi connectivity index (χ1) is 12.1. The molecule has 0 N–H and O–H groups in total. The van der Waals surface area contributed by atoms with Crippen LogP contribution in [0.5, 0.6) is 11.5 Å². The number of carbonyl (C=O) groups is 1. The summed E-state index contributed by atoms with van der Waals surface area (Å²) in [5.41, 5.74) is 1.68. The molecule has 1 aliphatic heterocycles. The minimum Gasteiger partial charge on any atom is -0.497 e. The summed E-state index contributed by atoms with van der Waals surface area (Å²) >= 11 is 0. The van der Waals surface area contributed by atoms with Gasteiger partial charge in [-0.3, -0.25) is 4.79 Å². The van der Waals surface area contributed by atoms with Crippen molar-refractivity contribution < 1.29 is 18.7 Å². The van der Waals surface area contributed by atoms with Gasteiger partial charge in [-0.1, -0.05) is 12.1 Å². The quantitative estimate of drug-likeness (QED) is 0.846. The first-order valence-corrected chi connectivity index (χ1v) is 8.39. The van der Waals surface area contributed by atoms with Gasteiger partial charge in [-0.2, -0.15) is 0 Å². The van der Waals surface area contributed by atoms with Gasteiger partial charge in [0.2, 0.25) is 0 Å². The number of carbonyl (C=O) groups excluding carboxylic acids is 1. The lowest BCUT2D eigenvalue weighted by molar-refractivity contribution is 0.0709. The monoisotopic (exact) mass is 343 g/mol. The van der Waals surface area contributed by atoms with E-state index in [1.165, 1.54) is 12.1 Å². The number of hydrogen-bond donors (Lipinski definition) is 0. The average molecular weight is 343 g/mol. The molecule has 0 spiro atoms. The van der Waals surface area contributed by atoms with Crippen molar-refractivity contribution in [1.29, 1.82) is 0 Å². The van der Waals surface area contributed by atoms with Crippen LogP contribution in [0, 0.1) is 5.82 Å². The second kappa shape index (κ2) is 7.55. The van der Waals surface area contributed by atoms with E-state index in [-0.39, 0.29) is 11.7 Å². The van der Waals surface area contributed by atoms with Crippen LogP contribution in [0.25, 0.3) is 0 Å². The van der Waals surface area contributed by atoms with Gasteiger partial charge in [0.15, 0.2) is 0 Å². The lowest BCUT2D eigenvalue weighted by atomic mass is 9.89. The Morgan fingerprint density at radius 2 is 1.72 bits per heavy atom. The second-order valence-electron chi connectivity index (χ2n) is 6.18. The number of nitrogens with zero attached hydrogens (tertiary/aromatic N) is 1. The topological polar surface area (TPSA) is 38.8 Å². The van der Waals surface area contributed by atoms with Crippen molar-refractivity contribution in [3.8, 4) is 11.5 Å². The molecule has 0 unspecified atom stereocenters.